The van der Waals surface area contributed by atoms with Crippen molar-refractivity contribution in [3.63, 3.8) is 0 Å². The Morgan fingerprint density at radius 2 is 1.68 bits per heavy atom. The van der Waals surface area contributed by atoms with E-state index in [-0.39, 0.29) is 10.9 Å². The number of halogens is 1. The van der Waals surface area contributed by atoms with Crippen molar-refractivity contribution in [2.45, 2.75) is 31.7 Å². The van der Waals surface area contributed by atoms with Gasteiger partial charge in [-0.15, -0.1) is 0 Å². The third-order valence-electron chi connectivity index (χ3n) is 4.00. The molecule has 2 atom stereocenters. The first kappa shape index (κ1) is 15.3. The fourth-order valence-electron chi connectivity index (χ4n) is 3.07. The summed E-state index contributed by atoms with van der Waals surface area (Å²) in [5.41, 5.74) is 6.02. The lowest BCUT2D eigenvalue weighted by Crippen LogP contribution is -2.29. The van der Waals surface area contributed by atoms with Crippen LogP contribution in [0.25, 0.3) is 0 Å². The SMILES string of the molecule is Cc1cc(C)c(C2=NCC(Br)C(c3ccccc3)O2)c(C)c1. The van der Waals surface area contributed by atoms with E-state index in [1.165, 1.54) is 22.3 Å². The van der Waals surface area contributed by atoms with Gasteiger partial charge >= 0.3 is 0 Å². The number of rotatable bonds is 2. The average Bonchev–Trinajstić information content (AvgIpc) is 2.49. The van der Waals surface area contributed by atoms with E-state index in [0.717, 1.165) is 18.0 Å². The highest BCUT2D eigenvalue weighted by atomic mass is 79.9. The third kappa shape index (κ3) is 2.95. The fraction of sp³-hybridized carbons (Fsp3) is 0.316. The van der Waals surface area contributed by atoms with Gasteiger partial charge in [0.25, 0.3) is 0 Å². The minimum Gasteiger partial charge on any atom is -0.468 e. The van der Waals surface area contributed by atoms with Crippen LogP contribution in [0.2, 0.25) is 0 Å². The largest absolute Gasteiger partial charge is 0.468 e. The Hall–Kier alpha value is -1.61. The Labute approximate surface area is 140 Å². The molecule has 0 spiro atoms. The molecule has 1 aliphatic rings. The number of nitrogens with zero attached hydrogens (tertiary/aromatic N) is 1. The van der Waals surface area contributed by atoms with Crippen LogP contribution in [-0.4, -0.2) is 17.3 Å². The normalized spacial score (nSPS) is 21.2. The lowest BCUT2D eigenvalue weighted by atomic mass is 9.98. The second-order valence-corrected chi connectivity index (χ2v) is 7.06. The molecule has 2 unspecified atom stereocenters. The minimum atomic E-state index is -0.00574. The van der Waals surface area contributed by atoms with Gasteiger partial charge in [-0.3, -0.25) is 0 Å². The van der Waals surface area contributed by atoms with E-state index in [4.69, 9.17) is 4.74 Å². The van der Waals surface area contributed by atoms with E-state index in [1.807, 2.05) is 18.2 Å². The van der Waals surface area contributed by atoms with Crippen molar-refractivity contribution in [3.8, 4) is 0 Å². The smallest absolute Gasteiger partial charge is 0.217 e. The maximum atomic E-state index is 6.28. The van der Waals surface area contributed by atoms with Crippen LogP contribution in [0.5, 0.6) is 0 Å². The van der Waals surface area contributed by atoms with Crippen molar-refractivity contribution in [1.82, 2.24) is 0 Å². The third-order valence-corrected chi connectivity index (χ3v) is 4.77. The first-order chi connectivity index (χ1) is 10.6. The summed E-state index contributed by atoms with van der Waals surface area (Å²) in [7, 11) is 0. The number of ether oxygens (including phenoxy) is 1. The molecule has 1 heterocycles. The number of aryl methyl sites for hydroxylation is 3. The van der Waals surface area contributed by atoms with Gasteiger partial charge in [-0.2, -0.15) is 0 Å². The van der Waals surface area contributed by atoms with Crippen molar-refractivity contribution in [2.24, 2.45) is 4.99 Å². The molecule has 0 N–H and O–H groups in total. The molecule has 3 rings (SSSR count). The zero-order valence-corrected chi connectivity index (χ0v) is 14.7. The van der Waals surface area contributed by atoms with Crippen LogP contribution in [0, 0.1) is 20.8 Å². The van der Waals surface area contributed by atoms with Crippen molar-refractivity contribution < 1.29 is 4.74 Å². The summed E-state index contributed by atoms with van der Waals surface area (Å²) in [6.07, 6.45) is -0.00574. The zero-order valence-electron chi connectivity index (χ0n) is 13.1. The number of hydrogen-bond acceptors (Lipinski definition) is 2. The first-order valence-electron chi connectivity index (χ1n) is 7.54. The van der Waals surface area contributed by atoms with Crippen molar-refractivity contribution in [2.75, 3.05) is 6.54 Å². The summed E-state index contributed by atoms with van der Waals surface area (Å²) in [5.74, 6) is 0.763. The van der Waals surface area contributed by atoms with Crippen LogP contribution in [0.1, 0.15) is 33.9 Å². The molecule has 0 aromatic heterocycles. The van der Waals surface area contributed by atoms with E-state index < -0.39 is 0 Å². The summed E-state index contributed by atoms with van der Waals surface area (Å²) in [6, 6.07) is 14.7. The average molecular weight is 358 g/mol. The van der Waals surface area contributed by atoms with Gasteiger partial charge in [-0.1, -0.05) is 64.0 Å². The van der Waals surface area contributed by atoms with Crippen LogP contribution >= 0.6 is 15.9 Å². The number of aliphatic imine (C=N–C) groups is 1. The highest BCUT2D eigenvalue weighted by Crippen LogP contribution is 2.32. The molecule has 2 aromatic carbocycles. The quantitative estimate of drug-likeness (QED) is 0.700. The summed E-state index contributed by atoms with van der Waals surface area (Å²) >= 11 is 3.71. The van der Waals surface area contributed by atoms with Gasteiger partial charge in [-0.05, 0) is 37.5 Å². The van der Waals surface area contributed by atoms with Crippen LogP contribution in [0.3, 0.4) is 0 Å². The van der Waals surface area contributed by atoms with Gasteiger partial charge in [-0.25, -0.2) is 4.99 Å². The van der Waals surface area contributed by atoms with Crippen LogP contribution in [-0.2, 0) is 4.74 Å². The summed E-state index contributed by atoms with van der Waals surface area (Å²) < 4.78 is 6.28. The molecule has 0 fully saturated rings. The molecule has 114 valence electrons. The molecule has 22 heavy (non-hydrogen) atoms. The number of benzene rings is 2. The van der Waals surface area contributed by atoms with Gasteiger partial charge in [0.05, 0.1) is 11.4 Å². The van der Waals surface area contributed by atoms with E-state index in [9.17, 15) is 0 Å². The van der Waals surface area contributed by atoms with Crippen molar-refractivity contribution >= 4 is 21.8 Å². The van der Waals surface area contributed by atoms with Crippen molar-refractivity contribution in [3.05, 3.63) is 70.3 Å². The number of alkyl halides is 1. The molecule has 0 radical (unpaired) electrons. The van der Waals surface area contributed by atoms with Crippen LogP contribution in [0.4, 0.5) is 0 Å². The monoisotopic (exact) mass is 357 g/mol. The molecule has 1 aliphatic heterocycles. The van der Waals surface area contributed by atoms with Gasteiger partial charge in [0.2, 0.25) is 5.90 Å². The Kier molecular flexibility index (Phi) is 4.34. The summed E-state index contributed by atoms with van der Waals surface area (Å²) in [5, 5.41) is 0. The molecule has 2 nitrogen and oxygen atoms in total. The van der Waals surface area contributed by atoms with E-state index in [1.54, 1.807) is 0 Å². The molecular weight excluding hydrogens is 338 g/mol. The molecule has 3 heteroatoms. The molecule has 0 saturated heterocycles. The second-order valence-electron chi connectivity index (χ2n) is 5.88. The van der Waals surface area contributed by atoms with E-state index in [0.29, 0.717) is 0 Å². The molecule has 2 aromatic rings. The van der Waals surface area contributed by atoms with Crippen LogP contribution in [0.15, 0.2) is 47.5 Å². The van der Waals surface area contributed by atoms with Gasteiger partial charge in [0.1, 0.15) is 6.10 Å². The first-order valence-corrected chi connectivity index (χ1v) is 8.46. The highest BCUT2D eigenvalue weighted by Gasteiger charge is 2.29. The molecule has 0 aliphatic carbocycles. The number of hydrogen-bond donors (Lipinski definition) is 0. The molecule has 0 amide bonds. The van der Waals surface area contributed by atoms with E-state index >= 15 is 0 Å². The Balaban J connectivity index is 1.97. The van der Waals surface area contributed by atoms with Gasteiger partial charge in [0, 0.05) is 5.56 Å². The lowest BCUT2D eigenvalue weighted by molar-refractivity contribution is 0.178. The Morgan fingerprint density at radius 3 is 2.32 bits per heavy atom. The standard InChI is InChI=1S/C19H20BrNO/c1-12-9-13(2)17(14(3)10-12)19-21-11-16(20)18(22-19)15-7-5-4-6-8-15/h4-10,16,18H,11H2,1-3H3. The Bertz CT molecular complexity index is 686. The second kappa shape index (κ2) is 6.25. The van der Waals surface area contributed by atoms with Crippen LogP contribution < -0.4 is 0 Å². The van der Waals surface area contributed by atoms with Crippen molar-refractivity contribution in [1.29, 1.82) is 0 Å². The van der Waals surface area contributed by atoms with E-state index in [2.05, 4.69) is 66.0 Å². The maximum absolute atomic E-state index is 6.28. The lowest BCUT2D eigenvalue weighted by Gasteiger charge is -2.29. The summed E-state index contributed by atoms with van der Waals surface area (Å²) in [4.78, 5) is 4.85. The predicted molar refractivity (Wildman–Crippen MR) is 95.0 cm³/mol. The molecular formula is C19H20BrNO. The van der Waals surface area contributed by atoms with Gasteiger partial charge < -0.3 is 4.74 Å². The summed E-state index contributed by atoms with van der Waals surface area (Å²) in [6.45, 7) is 7.09. The molecule has 0 bridgehead atoms. The molecule has 0 saturated carbocycles. The topological polar surface area (TPSA) is 21.6 Å². The highest BCUT2D eigenvalue weighted by molar-refractivity contribution is 9.09. The Morgan fingerprint density at radius 1 is 1.05 bits per heavy atom. The minimum absolute atomic E-state index is 0.00574. The zero-order chi connectivity index (χ0) is 15.7. The maximum Gasteiger partial charge on any atom is 0.217 e. The fourth-order valence-corrected chi connectivity index (χ4v) is 3.63. The predicted octanol–water partition coefficient (Wildman–Crippen LogP) is 4.89. The van der Waals surface area contributed by atoms with Gasteiger partial charge in [0.15, 0.2) is 0 Å².